The number of rotatable bonds is 3. The molecule has 0 saturated carbocycles. The van der Waals surface area contributed by atoms with Crippen LogP contribution in [0, 0.1) is 13.8 Å². The highest BCUT2D eigenvalue weighted by Gasteiger charge is 2.29. The Balaban J connectivity index is 1.70. The van der Waals surface area contributed by atoms with Crippen molar-refractivity contribution in [3.63, 3.8) is 0 Å². The lowest BCUT2D eigenvalue weighted by Gasteiger charge is -2.13. The summed E-state index contributed by atoms with van der Waals surface area (Å²) in [5.41, 5.74) is 1.67. The van der Waals surface area contributed by atoms with Crippen LogP contribution in [-0.4, -0.2) is 28.7 Å². The number of amides is 3. The molecule has 24 heavy (non-hydrogen) atoms. The van der Waals surface area contributed by atoms with Gasteiger partial charge in [0, 0.05) is 4.88 Å². The van der Waals surface area contributed by atoms with Crippen LogP contribution in [0.4, 0.5) is 10.8 Å². The van der Waals surface area contributed by atoms with Crippen molar-refractivity contribution >= 4 is 39.9 Å². The Kier molecular flexibility index (Phi) is 4.30. The number of carbonyl (C=O) groups excluding carboxylic acids is 3. The van der Waals surface area contributed by atoms with E-state index >= 15 is 0 Å². The maximum absolute atomic E-state index is 12.2. The fraction of sp³-hybridized carbons (Fsp3) is 0.250. The number of anilines is 2. The number of hydrogen-bond acceptors (Lipinski definition) is 5. The zero-order valence-corrected chi connectivity index (χ0v) is 14.0. The van der Waals surface area contributed by atoms with E-state index in [1.54, 1.807) is 24.3 Å². The summed E-state index contributed by atoms with van der Waals surface area (Å²) in [7, 11) is 0. The molecule has 7 nitrogen and oxygen atoms in total. The molecule has 0 fully saturated rings. The molecule has 2 heterocycles. The highest BCUT2D eigenvalue weighted by molar-refractivity contribution is 7.15. The van der Waals surface area contributed by atoms with E-state index in [9.17, 15) is 14.4 Å². The molecule has 1 aliphatic rings. The lowest BCUT2D eigenvalue weighted by molar-refractivity contribution is -0.122. The molecule has 1 aromatic heterocycles. The number of nitrogens with one attached hydrogen (secondary N) is 3. The standard InChI is InChI=1S/C16H16N4O3S/c1-8-9(2)24-16(17-8)20-13(21)7-12-15(23)18-11-6-4-3-5-10(11)14(22)19-12/h3-6,12H,7H2,1-2H3,(H,18,23)(H,19,22)(H,17,20,21)/t12-/m1/s1. The summed E-state index contributed by atoms with van der Waals surface area (Å²) in [5.74, 6) is -1.19. The van der Waals surface area contributed by atoms with Gasteiger partial charge in [-0.15, -0.1) is 11.3 Å². The Bertz CT molecular complexity index is 811. The van der Waals surface area contributed by atoms with Gasteiger partial charge in [0.25, 0.3) is 5.91 Å². The average molecular weight is 344 g/mol. The fourth-order valence-corrected chi connectivity index (χ4v) is 3.17. The SMILES string of the molecule is Cc1nc(NC(=O)C[C@H]2NC(=O)c3ccccc3NC2=O)sc1C. The van der Waals surface area contributed by atoms with Crippen LogP contribution in [0.15, 0.2) is 24.3 Å². The molecule has 124 valence electrons. The number of para-hydroxylation sites is 1. The first kappa shape index (κ1) is 16.1. The maximum atomic E-state index is 12.2. The summed E-state index contributed by atoms with van der Waals surface area (Å²) in [5, 5.41) is 8.41. The van der Waals surface area contributed by atoms with E-state index in [1.165, 1.54) is 11.3 Å². The Labute approximate surface area is 142 Å². The van der Waals surface area contributed by atoms with E-state index < -0.39 is 11.9 Å². The first-order valence-electron chi connectivity index (χ1n) is 7.38. The number of benzene rings is 1. The summed E-state index contributed by atoms with van der Waals surface area (Å²) in [6.07, 6.45) is -0.163. The summed E-state index contributed by atoms with van der Waals surface area (Å²) < 4.78 is 0. The van der Waals surface area contributed by atoms with E-state index in [-0.39, 0.29) is 18.2 Å². The maximum Gasteiger partial charge on any atom is 0.254 e. The zero-order chi connectivity index (χ0) is 17.3. The predicted molar refractivity (Wildman–Crippen MR) is 91.2 cm³/mol. The van der Waals surface area contributed by atoms with Gasteiger partial charge >= 0.3 is 0 Å². The Morgan fingerprint density at radius 1 is 1.29 bits per heavy atom. The van der Waals surface area contributed by atoms with E-state index in [0.717, 1.165) is 10.6 Å². The van der Waals surface area contributed by atoms with Gasteiger partial charge in [-0.3, -0.25) is 14.4 Å². The molecular weight excluding hydrogens is 328 g/mol. The highest BCUT2D eigenvalue weighted by atomic mass is 32.1. The number of aromatic nitrogens is 1. The van der Waals surface area contributed by atoms with E-state index in [1.807, 2.05) is 13.8 Å². The van der Waals surface area contributed by atoms with Gasteiger partial charge in [-0.1, -0.05) is 12.1 Å². The van der Waals surface area contributed by atoms with Crippen LogP contribution in [0.3, 0.4) is 0 Å². The second-order valence-electron chi connectivity index (χ2n) is 5.47. The van der Waals surface area contributed by atoms with Crippen LogP contribution in [0.2, 0.25) is 0 Å². The van der Waals surface area contributed by atoms with Crippen molar-refractivity contribution in [2.45, 2.75) is 26.3 Å². The van der Waals surface area contributed by atoms with E-state index in [4.69, 9.17) is 0 Å². The number of aryl methyl sites for hydroxylation is 2. The molecule has 0 saturated heterocycles. The van der Waals surface area contributed by atoms with Crippen molar-refractivity contribution < 1.29 is 14.4 Å². The summed E-state index contributed by atoms with van der Waals surface area (Å²) in [6, 6.07) is 5.77. The topological polar surface area (TPSA) is 100 Å². The third-order valence-corrected chi connectivity index (χ3v) is 4.70. The van der Waals surface area contributed by atoms with Crippen molar-refractivity contribution in [3.05, 3.63) is 40.4 Å². The number of nitrogens with zero attached hydrogens (tertiary/aromatic N) is 1. The van der Waals surface area contributed by atoms with Crippen molar-refractivity contribution in [1.29, 1.82) is 0 Å². The molecule has 3 amide bonds. The second-order valence-corrected chi connectivity index (χ2v) is 6.68. The molecule has 3 rings (SSSR count). The zero-order valence-electron chi connectivity index (χ0n) is 13.2. The molecule has 2 aromatic rings. The first-order valence-corrected chi connectivity index (χ1v) is 8.20. The number of fused-ring (bicyclic) bond motifs is 1. The largest absolute Gasteiger partial charge is 0.340 e. The van der Waals surface area contributed by atoms with Crippen LogP contribution in [0.25, 0.3) is 0 Å². The predicted octanol–water partition coefficient (Wildman–Crippen LogP) is 1.84. The van der Waals surface area contributed by atoms with Crippen LogP contribution in [0.5, 0.6) is 0 Å². The van der Waals surface area contributed by atoms with Gasteiger partial charge < -0.3 is 16.0 Å². The quantitative estimate of drug-likeness (QED) is 0.791. The van der Waals surface area contributed by atoms with E-state index in [2.05, 4.69) is 20.9 Å². The van der Waals surface area contributed by atoms with Gasteiger partial charge in [-0.2, -0.15) is 0 Å². The lowest BCUT2D eigenvalue weighted by atomic mass is 10.1. The van der Waals surface area contributed by atoms with Crippen molar-refractivity contribution in [3.8, 4) is 0 Å². The summed E-state index contributed by atoms with van der Waals surface area (Å²) in [4.78, 5) is 41.9. The molecule has 0 aliphatic carbocycles. The molecule has 0 bridgehead atoms. The minimum atomic E-state index is -0.938. The number of hydrogen-bond donors (Lipinski definition) is 3. The third kappa shape index (κ3) is 3.28. The second kappa shape index (κ2) is 6.40. The first-order chi connectivity index (χ1) is 11.4. The smallest absolute Gasteiger partial charge is 0.254 e. The minimum Gasteiger partial charge on any atom is -0.340 e. The molecule has 0 spiro atoms. The number of thiazole rings is 1. The summed E-state index contributed by atoms with van der Waals surface area (Å²) in [6.45, 7) is 3.77. The molecular formula is C16H16N4O3S. The average Bonchev–Trinajstić information content (AvgIpc) is 2.78. The summed E-state index contributed by atoms with van der Waals surface area (Å²) >= 11 is 1.37. The van der Waals surface area contributed by atoms with Gasteiger partial charge in [0.15, 0.2) is 5.13 Å². The molecule has 0 radical (unpaired) electrons. The normalized spacial score (nSPS) is 16.7. The van der Waals surface area contributed by atoms with Crippen LogP contribution in [0.1, 0.15) is 27.3 Å². The molecule has 0 unspecified atom stereocenters. The minimum absolute atomic E-state index is 0.163. The molecule has 1 aliphatic heterocycles. The van der Waals surface area contributed by atoms with Gasteiger partial charge in [0.1, 0.15) is 6.04 Å². The highest BCUT2D eigenvalue weighted by Crippen LogP contribution is 2.22. The van der Waals surface area contributed by atoms with Crippen molar-refractivity contribution in [2.24, 2.45) is 0 Å². The Morgan fingerprint density at radius 3 is 2.75 bits per heavy atom. The van der Waals surface area contributed by atoms with Crippen LogP contribution < -0.4 is 16.0 Å². The third-order valence-electron chi connectivity index (χ3n) is 3.72. The van der Waals surface area contributed by atoms with E-state index in [0.29, 0.717) is 16.4 Å². The molecule has 1 aromatic carbocycles. The van der Waals surface area contributed by atoms with Gasteiger partial charge in [0.2, 0.25) is 11.8 Å². The Hall–Kier alpha value is -2.74. The van der Waals surface area contributed by atoms with Crippen LogP contribution >= 0.6 is 11.3 Å². The molecule has 3 N–H and O–H groups in total. The fourth-order valence-electron chi connectivity index (χ4n) is 2.34. The van der Waals surface area contributed by atoms with Gasteiger partial charge in [-0.05, 0) is 26.0 Å². The van der Waals surface area contributed by atoms with Crippen LogP contribution in [-0.2, 0) is 9.59 Å². The van der Waals surface area contributed by atoms with Crippen molar-refractivity contribution in [1.82, 2.24) is 10.3 Å². The lowest BCUT2D eigenvalue weighted by Crippen LogP contribution is -2.43. The molecule has 1 atom stereocenters. The van der Waals surface area contributed by atoms with Gasteiger partial charge in [0.05, 0.1) is 23.4 Å². The Morgan fingerprint density at radius 2 is 2.04 bits per heavy atom. The molecule has 8 heteroatoms. The monoisotopic (exact) mass is 344 g/mol. The van der Waals surface area contributed by atoms with Gasteiger partial charge in [-0.25, -0.2) is 4.98 Å². The van der Waals surface area contributed by atoms with Crippen molar-refractivity contribution in [2.75, 3.05) is 10.6 Å². The number of carbonyl (C=O) groups is 3.